The van der Waals surface area contributed by atoms with E-state index < -0.39 is 0 Å². The largest absolute Gasteiger partial charge is 0.486 e. The van der Waals surface area contributed by atoms with Crippen LogP contribution < -0.4 is 4.74 Å². The standard InChI is InChI=1S/C11H11ClN2O/c1-14-7-11(6-13-14)15-8-9-2-4-10(12)5-3-9/h2-7H,8H2,1H3. The summed E-state index contributed by atoms with van der Waals surface area (Å²) < 4.78 is 7.23. The third-order valence-corrected chi connectivity index (χ3v) is 2.25. The van der Waals surface area contributed by atoms with Crippen molar-refractivity contribution in [2.24, 2.45) is 7.05 Å². The number of halogens is 1. The number of nitrogens with zero attached hydrogens (tertiary/aromatic N) is 2. The summed E-state index contributed by atoms with van der Waals surface area (Å²) in [6.45, 7) is 0.531. The maximum atomic E-state index is 5.78. The molecule has 0 radical (unpaired) electrons. The fourth-order valence-electron chi connectivity index (χ4n) is 1.22. The highest BCUT2D eigenvalue weighted by atomic mass is 35.5. The molecule has 0 unspecified atom stereocenters. The molecule has 1 heterocycles. The molecule has 4 heteroatoms. The number of hydrogen-bond donors (Lipinski definition) is 0. The van der Waals surface area contributed by atoms with Gasteiger partial charge in [0, 0.05) is 12.1 Å². The first-order chi connectivity index (χ1) is 7.24. The van der Waals surface area contributed by atoms with Crippen LogP contribution in [0.2, 0.25) is 5.02 Å². The zero-order valence-electron chi connectivity index (χ0n) is 8.35. The summed E-state index contributed by atoms with van der Waals surface area (Å²) in [6.07, 6.45) is 3.52. The van der Waals surface area contributed by atoms with Crippen LogP contribution in [-0.2, 0) is 13.7 Å². The lowest BCUT2D eigenvalue weighted by molar-refractivity contribution is 0.306. The second-order valence-electron chi connectivity index (χ2n) is 3.26. The predicted octanol–water partition coefficient (Wildman–Crippen LogP) is 2.65. The SMILES string of the molecule is Cn1cc(OCc2ccc(Cl)cc2)cn1. The normalized spacial score (nSPS) is 10.3. The van der Waals surface area contributed by atoms with Crippen molar-refractivity contribution >= 4 is 11.6 Å². The van der Waals surface area contributed by atoms with E-state index in [2.05, 4.69) is 5.10 Å². The van der Waals surface area contributed by atoms with Gasteiger partial charge in [-0.05, 0) is 17.7 Å². The second kappa shape index (κ2) is 4.36. The van der Waals surface area contributed by atoms with Gasteiger partial charge in [0.1, 0.15) is 6.61 Å². The highest BCUT2D eigenvalue weighted by Gasteiger charge is 1.97. The smallest absolute Gasteiger partial charge is 0.157 e. The van der Waals surface area contributed by atoms with Gasteiger partial charge in [-0.25, -0.2) is 0 Å². The Kier molecular flexibility index (Phi) is 2.92. The second-order valence-corrected chi connectivity index (χ2v) is 3.70. The molecule has 0 aliphatic rings. The van der Waals surface area contributed by atoms with Crippen LogP contribution in [-0.4, -0.2) is 9.78 Å². The minimum atomic E-state index is 0.531. The first-order valence-electron chi connectivity index (χ1n) is 4.60. The summed E-state index contributed by atoms with van der Waals surface area (Å²) >= 11 is 5.78. The van der Waals surface area contributed by atoms with Gasteiger partial charge in [0.25, 0.3) is 0 Å². The monoisotopic (exact) mass is 222 g/mol. The third kappa shape index (κ3) is 2.73. The van der Waals surface area contributed by atoms with Crippen molar-refractivity contribution in [1.82, 2.24) is 9.78 Å². The molecule has 0 aliphatic heterocycles. The molecule has 0 saturated heterocycles. The summed E-state index contributed by atoms with van der Waals surface area (Å²) in [6, 6.07) is 7.59. The Labute approximate surface area is 93.2 Å². The lowest BCUT2D eigenvalue weighted by atomic mass is 10.2. The Balaban J connectivity index is 1.96. The molecule has 0 aliphatic carbocycles. The van der Waals surface area contributed by atoms with Gasteiger partial charge in [-0.15, -0.1) is 0 Å². The molecule has 2 aromatic rings. The van der Waals surface area contributed by atoms with Gasteiger partial charge in [-0.1, -0.05) is 23.7 Å². The molecule has 1 aromatic heterocycles. The van der Waals surface area contributed by atoms with E-state index in [9.17, 15) is 0 Å². The average Bonchev–Trinajstić information content (AvgIpc) is 2.64. The number of aromatic nitrogens is 2. The van der Waals surface area contributed by atoms with Crippen molar-refractivity contribution in [3.8, 4) is 5.75 Å². The summed E-state index contributed by atoms with van der Waals surface area (Å²) in [5.74, 6) is 0.771. The maximum absolute atomic E-state index is 5.78. The fourth-order valence-corrected chi connectivity index (χ4v) is 1.35. The molecule has 0 saturated carbocycles. The number of hydrogen-bond acceptors (Lipinski definition) is 2. The van der Waals surface area contributed by atoms with Gasteiger partial charge in [0.15, 0.2) is 5.75 Å². The zero-order valence-corrected chi connectivity index (χ0v) is 9.11. The number of ether oxygens (including phenoxy) is 1. The van der Waals surface area contributed by atoms with Gasteiger partial charge in [0.05, 0.1) is 12.4 Å². The molecule has 2 rings (SSSR count). The molecule has 3 nitrogen and oxygen atoms in total. The molecule has 78 valence electrons. The summed E-state index contributed by atoms with van der Waals surface area (Å²) in [5, 5.41) is 4.75. The van der Waals surface area contributed by atoms with Crippen molar-refractivity contribution in [1.29, 1.82) is 0 Å². The van der Waals surface area contributed by atoms with Crippen molar-refractivity contribution in [3.05, 3.63) is 47.2 Å². The van der Waals surface area contributed by atoms with Gasteiger partial charge >= 0.3 is 0 Å². The molecule has 15 heavy (non-hydrogen) atoms. The highest BCUT2D eigenvalue weighted by Crippen LogP contribution is 2.13. The van der Waals surface area contributed by atoms with Crippen LogP contribution >= 0.6 is 11.6 Å². The molecule has 0 atom stereocenters. The van der Waals surface area contributed by atoms with E-state index >= 15 is 0 Å². The molecular formula is C11H11ClN2O. The third-order valence-electron chi connectivity index (χ3n) is 2.00. The average molecular weight is 223 g/mol. The van der Waals surface area contributed by atoms with Crippen LogP contribution in [0, 0.1) is 0 Å². The quantitative estimate of drug-likeness (QED) is 0.799. The zero-order chi connectivity index (χ0) is 10.7. The first-order valence-corrected chi connectivity index (χ1v) is 4.98. The Morgan fingerprint density at radius 1 is 1.33 bits per heavy atom. The molecule has 0 N–H and O–H groups in total. The van der Waals surface area contributed by atoms with Crippen LogP contribution in [0.1, 0.15) is 5.56 Å². The van der Waals surface area contributed by atoms with E-state index in [1.165, 1.54) is 0 Å². The molecule has 0 spiro atoms. The van der Waals surface area contributed by atoms with Crippen LogP contribution in [0.15, 0.2) is 36.7 Å². The molecule has 0 bridgehead atoms. The molecule has 1 aromatic carbocycles. The highest BCUT2D eigenvalue weighted by molar-refractivity contribution is 6.30. The van der Waals surface area contributed by atoms with E-state index in [1.54, 1.807) is 10.9 Å². The Bertz CT molecular complexity index is 436. The summed E-state index contributed by atoms with van der Waals surface area (Å²) in [7, 11) is 1.86. The minimum absolute atomic E-state index is 0.531. The van der Waals surface area contributed by atoms with Crippen LogP contribution in [0.4, 0.5) is 0 Å². The molecule has 0 amide bonds. The van der Waals surface area contributed by atoms with E-state index in [4.69, 9.17) is 16.3 Å². The molecular weight excluding hydrogens is 212 g/mol. The van der Waals surface area contributed by atoms with Crippen LogP contribution in [0.5, 0.6) is 5.75 Å². The minimum Gasteiger partial charge on any atom is -0.486 e. The van der Waals surface area contributed by atoms with Crippen molar-refractivity contribution < 1.29 is 4.74 Å². The Morgan fingerprint density at radius 2 is 2.07 bits per heavy atom. The lowest BCUT2D eigenvalue weighted by Crippen LogP contribution is -1.93. The number of rotatable bonds is 3. The van der Waals surface area contributed by atoms with Crippen LogP contribution in [0.3, 0.4) is 0 Å². The van der Waals surface area contributed by atoms with E-state index in [-0.39, 0.29) is 0 Å². The van der Waals surface area contributed by atoms with Gasteiger partial charge in [-0.3, -0.25) is 4.68 Å². The van der Waals surface area contributed by atoms with E-state index in [0.717, 1.165) is 16.3 Å². The van der Waals surface area contributed by atoms with Crippen LogP contribution in [0.25, 0.3) is 0 Å². The van der Waals surface area contributed by atoms with Gasteiger partial charge < -0.3 is 4.74 Å². The summed E-state index contributed by atoms with van der Waals surface area (Å²) in [5.41, 5.74) is 1.09. The lowest BCUT2D eigenvalue weighted by Gasteiger charge is -2.02. The summed E-state index contributed by atoms with van der Waals surface area (Å²) in [4.78, 5) is 0. The van der Waals surface area contributed by atoms with E-state index in [1.807, 2.05) is 37.5 Å². The van der Waals surface area contributed by atoms with Crippen molar-refractivity contribution in [3.63, 3.8) is 0 Å². The Morgan fingerprint density at radius 3 is 2.67 bits per heavy atom. The van der Waals surface area contributed by atoms with Crippen molar-refractivity contribution in [2.45, 2.75) is 6.61 Å². The van der Waals surface area contributed by atoms with Gasteiger partial charge in [0.2, 0.25) is 0 Å². The number of benzene rings is 1. The maximum Gasteiger partial charge on any atom is 0.157 e. The topological polar surface area (TPSA) is 27.1 Å². The predicted molar refractivity (Wildman–Crippen MR) is 59.0 cm³/mol. The Hall–Kier alpha value is -1.48. The first kappa shape index (κ1) is 10.1. The van der Waals surface area contributed by atoms with Gasteiger partial charge in [-0.2, -0.15) is 5.10 Å². The molecule has 0 fully saturated rings. The number of aryl methyl sites for hydroxylation is 1. The van der Waals surface area contributed by atoms with Crippen molar-refractivity contribution in [2.75, 3.05) is 0 Å². The van der Waals surface area contributed by atoms with E-state index in [0.29, 0.717) is 6.61 Å². The fraction of sp³-hybridized carbons (Fsp3) is 0.182.